The second-order valence-corrected chi connectivity index (χ2v) is 3.57. The van der Waals surface area contributed by atoms with E-state index < -0.39 is 0 Å². The summed E-state index contributed by atoms with van der Waals surface area (Å²) in [4.78, 5) is 10.5. The van der Waals surface area contributed by atoms with Gasteiger partial charge in [0, 0.05) is 5.41 Å². The second kappa shape index (κ2) is 2.13. The van der Waals surface area contributed by atoms with Gasteiger partial charge in [0.25, 0.3) is 0 Å². The van der Waals surface area contributed by atoms with Crippen LogP contribution in [-0.2, 0) is 4.79 Å². The molecule has 1 aliphatic carbocycles. The molecular weight excluding hydrogens is 112 g/mol. The summed E-state index contributed by atoms with van der Waals surface area (Å²) in [6.45, 7) is 4.06. The van der Waals surface area contributed by atoms with Crippen LogP contribution in [0.5, 0.6) is 0 Å². The molecule has 0 heterocycles. The van der Waals surface area contributed by atoms with E-state index in [0.29, 0.717) is 5.92 Å². The molecule has 1 nitrogen and oxygen atoms in total. The summed E-state index contributed by atoms with van der Waals surface area (Å²) in [5.74, 6) is 0.676. The Morgan fingerprint density at radius 3 is 2.11 bits per heavy atom. The van der Waals surface area contributed by atoms with Crippen LogP contribution in [-0.4, -0.2) is 6.29 Å². The van der Waals surface area contributed by atoms with Crippen molar-refractivity contribution in [1.82, 2.24) is 0 Å². The van der Waals surface area contributed by atoms with Gasteiger partial charge in [-0.15, -0.1) is 0 Å². The van der Waals surface area contributed by atoms with Crippen molar-refractivity contribution in [2.45, 2.75) is 33.1 Å². The van der Waals surface area contributed by atoms with Crippen molar-refractivity contribution in [1.29, 1.82) is 0 Å². The molecule has 0 aromatic carbocycles. The molecule has 0 N–H and O–H groups in total. The van der Waals surface area contributed by atoms with Gasteiger partial charge in [-0.1, -0.05) is 20.3 Å². The Morgan fingerprint density at radius 1 is 1.44 bits per heavy atom. The van der Waals surface area contributed by atoms with E-state index in [4.69, 9.17) is 0 Å². The first-order valence-corrected chi connectivity index (χ1v) is 3.63. The van der Waals surface area contributed by atoms with Crippen LogP contribution in [0.25, 0.3) is 0 Å². The highest BCUT2D eigenvalue weighted by atomic mass is 16.1. The molecule has 1 aliphatic rings. The Morgan fingerprint density at radius 2 is 2.00 bits per heavy atom. The molecule has 0 bridgehead atoms. The third kappa shape index (κ3) is 1.15. The van der Waals surface area contributed by atoms with Gasteiger partial charge in [0.15, 0.2) is 0 Å². The van der Waals surface area contributed by atoms with Crippen LogP contribution in [0, 0.1) is 11.3 Å². The summed E-state index contributed by atoms with van der Waals surface area (Å²) >= 11 is 0. The zero-order valence-corrected chi connectivity index (χ0v) is 6.18. The van der Waals surface area contributed by atoms with Gasteiger partial charge in [0.05, 0.1) is 0 Å². The fourth-order valence-electron chi connectivity index (χ4n) is 1.25. The zero-order chi connectivity index (χ0) is 6.91. The van der Waals surface area contributed by atoms with Crippen molar-refractivity contribution in [2.24, 2.45) is 11.3 Å². The lowest BCUT2D eigenvalue weighted by molar-refractivity contribution is -0.118. The number of hydrogen-bond acceptors (Lipinski definition) is 1. The van der Waals surface area contributed by atoms with Crippen LogP contribution in [0.2, 0.25) is 0 Å². The smallest absolute Gasteiger partial charge is 0.125 e. The first-order valence-electron chi connectivity index (χ1n) is 3.63. The van der Waals surface area contributed by atoms with E-state index in [1.807, 2.05) is 13.8 Å². The standard InChI is InChI=1S/C8H14O/c1-8(2,6-9)7-4-3-5-7/h6-7H,3-5H2,1-2H3. The molecule has 0 aromatic heterocycles. The summed E-state index contributed by atoms with van der Waals surface area (Å²) < 4.78 is 0. The predicted molar refractivity (Wildman–Crippen MR) is 37.2 cm³/mol. The molecule has 1 saturated carbocycles. The predicted octanol–water partition coefficient (Wildman–Crippen LogP) is 2.01. The number of rotatable bonds is 2. The van der Waals surface area contributed by atoms with Crippen LogP contribution in [0.1, 0.15) is 33.1 Å². The van der Waals surface area contributed by atoms with E-state index in [1.165, 1.54) is 19.3 Å². The van der Waals surface area contributed by atoms with Crippen molar-refractivity contribution < 1.29 is 4.79 Å². The summed E-state index contributed by atoms with van der Waals surface area (Å²) in [7, 11) is 0. The highest BCUT2D eigenvalue weighted by molar-refractivity contribution is 5.58. The first-order chi connectivity index (χ1) is 4.17. The number of carbonyl (C=O) groups is 1. The van der Waals surface area contributed by atoms with Gasteiger partial charge in [-0.05, 0) is 18.8 Å². The molecule has 0 unspecified atom stereocenters. The monoisotopic (exact) mass is 126 g/mol. The Labute approximate surface area is 56.4 Å². The van der Waals surface area contributed by atoms with Crippen molar-refractivity contribution >= 4 is 6.29 Å². The van der Waals surface area contributed by atoms with Crippen LogP contribution < -0.4 is 0 Å². The van der Waals surface area contributed by atoms with Gasteiger partial charge in [-0.25, -0.2) is 0 Å². The lowest BCUT2D eigenvalue weighted by Crippen LogP contribution is -2.30. The van der Waals surface area contributed by atoms with Gasteiger partial charge in [-0.3, -0.25) is 0 Å². The Kier molecular flexibility index (Phi) is 1.60. The van der Waals surface area contributed by atoms with E-state index in [1.54, 1.807) is 0 Å². The van der Waals surface area contributed by atoms with Crippen molar-refractivity contribution in [2.75, 3.05) is 0 Å². The molecule has 0 atom stereocenters. The highest BCUT2D eigenvalue weighted by Crippen LogP contribution is 2.39. The molecule has 0 spiro atoms. The summed E-state index contributed by atoms with van der Waals surface area (Å²) in [6.07, 6.45) is 4.93. The third-order valence-corrected chi connectivity index (χ3v) is 2.46. The average molecular weight is 126 g/mol. The van der Waals surface area contributed by atoms with Gasteiger partial charge < -0.3 is 4.79 Å². The van der Waals surface area contributed by atoms with Crippen LogP contribution >= 0.6 is 0 Å². The molecule has 1 heteroatoms. The molecule has 0 saturated heterocycles. The lowest BCUT2D eigenvalue weighted by atomic mass is 9.68. The van der Waals surface area contributed by atoms with E-state index >= 15 is 0 Å². The molecule has 0 amide bonds. The molecule has 52 valence electrons. The zero-order valence-electron chi connectivity index (χ0n) is 6.18. The fourth-order valence-corrected chi connectivity index (χ4v) is 1.25. The Bertz CT molecular complexity index is 112. The summed E-state index contributed by atoms with van der Waals surface area (Å²) in [6, 6.07) is 0. The molecule has 1 rings (SSSR count). The topological polar surface area (TPSA) is 17.1 Å². The lowest BCUT2D eigenvalue weighted by Gasteiger charge is -2.36. The van der Waals surface area contributed by atoms with Crippen LogP contribution in [0.3, 0.4) is 0 Å². The van der Waals surface area contributed by atoms with Crippen molar-refractivity contribution in [3.8, 4) is 0 Å². The maximum absolute atomic E-state index is 10.5. The second-order valence-electron chi connectivity index (χ2n) is 3.57. The minimum absolute atomic E-state index is 0.0434. The van der Waals surface area contributed by atoms with Crippen molar-refractivity contribution in [3.63, 3.8) is 0 Å². The molecule has 9 heavy (non-hydrogen) atoms. The van der Waals surface area contributed by atoms with Gasteiger partial charge in [0.2, 0.25) is 0 Å². The Hall–Kier alpha value is -0.330. The quantitative estimate of drug-likeness (QED) is 0.517. The fraction of sp³-hybridized carbons (Fsp3) is 0.875. The van der Waals surface area contributed by atoms with Crippen molar-refractivity contribution in [3.05, 3.63) is 0 Å². The third-order valence-electron chi connectivity index (χ3n) is 2.46. The van der Waals surface area contributed by atoms with Gasteiger partial charge in [0.1, 0.15) is 6.29 Å². The Balaban J connectivity index is 2.46. The number of hydrogen-bond donors (Lipinski definition) is 0. The minimum atomic E-state index is -0.0434. The molecular formula is C8H14O. The normalized spacial score (nSPS) is 21.1. The maximum atomic E-state index is 10.5. The van der Waals surface area contributed by atoms with E-state index in [2.05, 4.69) is 0 Å². The van der Waals surface area contributed by atoms with E-state index in [0.717, 1.165) is 6.29 Å². The largest absolute Gasteiger partial charge is 0.303 e. The summed E-state index contributed by atoms with van der Waals surface area (Å²) in [5.41, 5.74) is -0.0434. The minimum Gasteiger partial charge on any atom is -0.303 e. The maximum Gasteiger partial charge on any atom is 0.125 e. The molecule has 0 aliphatic heterocycles. The van der Waals surface area contributed by atoms with Crippen LogP contribution in [0.15, 0.2) is 0 Å². The van der Waals surface area contributed by atoms with E-state index in [9.17, 15) is 4.79 Å². The average Bonchev–Trinajstić information content (AvgIpc) is 1.60. The van der Waals surface area contributed by atoms with E-state index in [-0.39, 0.29) is 5.41 Å². The molecule has 0 radical (unpaired) electrons. The summed E-state index contributed by atoms with van der Waals surface area (Å²) in [5, 5.41) is 0. The first kappa shape index (κ1) is 6.79. The molecule has 0 aromatic rings. The number of carbonyl (C=O) groups excluding carboxylic acids is 1. The van der Waals surface area contributed by atoms with Gasteiger partial charge >= 0.3 is 0 Å². The molecule has 1 fully saturated rings. The van der Waals surface area contributed by atoms with Gasteiger partial charge in [-0.2, -0.15) is 0 Å². The number of aldehydes is 1. The van der Waals surface area contributed by atoms with Crippen LogP contribution in [0.4, 0.5) is 0 Å². The SMILES string of the molecule is CC(C)(C=O)C1CCC1. The highest BCUT2D eigenvalue weighted by Gasteiger charge is 2.33.